The Morgan fingerprint density at radius 2 is 1.59 bits per heavy atom. The molecule has 3 aromatic carbocycles. The van der Waals surface area contributed by atoms with E-state index in [1.54, 1.807) is 36.4 Å². The molecule has 0 aliphatic carbocycles. The van der Waals surface area contributed by atoms with Crippen LogP contribution in [-0.4, -0.2) is 31.3 Å². The van der Waals surface area contributed by atoms with Crippen molar-refractivity contribution >= 4 is 52.3 Å². The van der Waals surface area contributed by atoms with Crippen LogP contribution in [0.2, 0.25) is 0 Å². The molecule has 2 heterocycles. The van der Waals surface area contributed by atoms with Crippen molar-refractivity contribution in [1.29, 1.82) is 0 Å². The Labute approximate surface area is 256 Å². The van der Waals surface area contributed by atoms with Gasteiger partial charge >= 0.3 is 5.69 Å². The lowest BCUT2D eigenvalue weighted by molar-refractivity contribution is -0.394. The van der Waals surface area contributed by atoms with E-state index in [-0.39, 0.29) is 22.2 Å². The molecular weight excluding hydrogens is 586 g/mol. The zero-order valence-electron chi connectivity index (χ0n) is 24.0. The van der Waals surface area contributed by atoms with E-state index in [0.717, 1.165) is 40.3 Å². The normalized spacial score (nSPS) is 14.1. The lowest BCUT2D eigenvalue weighted by atomic mass is 10.0. The average Bonchev–Trinajstić information content (AvgIpc) is 3.24. The number of nitrogens with one attached hydrogen (secondary N) is 1. The number of ether oxygens (including phenoxy) is 1. The minimum Gasteiger partial charge on any atom is -0.450 e. The van der Waals surface area contributed by atoms with Gasteiger partial charge in [-0.2, -0.15) is 0 Å². The van der Waals surface area contributed by atoms with Gasteiger partial charge in [0.05, 0.1) is 21.6 Å². The number of amides is 2. The van der Waals surface area contributed by atoms with Crippen LogP contribution in [0.25, 0.3) is 11.8 Å². The van der Waals surface area contributed by atoms with E-state index in [0.29, 0.717) is 11.3 Å². The molecule has 4 aromatic rings. The number of thiocarbonyl (C=S) groups is 1. The lowest BCUT2D eigenvalue weighted by Gasteiger charge is -2.30. The van der Waals surface area contributed by atoms with Gasteiger partial charge in [0.2, 0.25) is 5.75 Å². The third-order valence-corrected chi connectivity index (χ3v) is 7.42. The number of hydrogen-bond acceptors (Lipinski definition) is 8. The number of carbonyl (C=O) groups excluding carboxylic acids is 2. The van der Waals surface area contributed by atoms with E-state index in [1.807, 2.05) is 50.5 Å². The molecule has 0 unspecified atom stereocenters. The topological polar surface area (TPSA) is 150 Å². The van der Waals surface area contributed by atoms with Crippen LogP contribution in [0.15, 0.2) is 72.3 Å². The predicted octanol–water partition coefficient (Wildman–Crippen LogP) is 6.15. The van der Waals surface area contributed by atoms with Crippen LogP contribution in [0.3, 0.4) is 0 Å². The van der Waals surface area contributed by atoms with E-state index in [2.05, 4.69) is 5.32 Å². The van der Waals surface area contributed by atoms with Crippen molar-refractivity contribution in [2.45, 2.75) is 27.7 Å². The predicted molar refractivity (Wildman–Crippen MR) is 167 cm³/mol. The largest absolute Gasteiger partial charge is 0.450 e. The molecule has 44 heavy (non-hydrogen) atoms. The molecule has 1 aromatic heterocycles. The van der Waals surface area contributed by atoms with Crippen molar-refractivity contribution in [3.63, 3.8) is 0 Å². The zero-order chi connectivity index (χ0) is 31.9. The highest BCUT2D eigenvalue weighted by Crippen LogP contribution is 2.35. The van der Waals surface area contributed by atoms with E-state index in [9.17, 15) is 29.8 Å². The summed E-state index contributed by atoms with van der Waals surface area (Å²) in [5.41, 5.74) is 4.39. The molecular formula is C31H25N5O7S. The van der Waals surface area contributed by atoms with Crippen molar-refractivity contribution in [2.24, 2.45) is 0 Å². The van der Waals surface area contributed by atoms with Crippen LogP contribution >= 0.6 is 12.2 Å². The van der Waals surface area contributed by atoms with Gasteiger partial charge in [-0.1, -0.05) is 17.7 Å². The van der Waals surface area contributed by atoms with E-state index < -0.39 is 33.0 Å². The molecule has 1 saturated heterocycles. The third-order valence-electron chi connectivity index (χ3n) is 7.14. The van der Waals surface area contributed by atoms with E-state index in [1.165, 1.54) is 11.0 Å². The first kappa shape index (κ1) is 29.8. The number of benzene rings is 3. The first-order chi connectivity index (χ1) is 20.8. The van der Waals surface area contributed by atoms with Crippen molar-refractivity contribution in [3.05, 3.63) is 121 Å². The van der Waals surface area contributed by atoms with Gasteiger partial charge in [-0.15, -0.1) is 0 Å². The maximum absolute atomic E-state index is 13.6. The lowest BCUT2D eigenvalue weighted by Crippen LogP contribution is -2.54. The van der Waals surface area contributed by atoms with Crippen molar-refractivity contribution in [1.82, 2.24) is 9.88 Å². The maximum Gasteiger partial charge on any atom is 0.318 e. The molecule has 1 N–H and O–H groups in total. The van der Waals surface area contributed by atoms with Gasteiger partial charge in [0.25, 0.3) is 17.5 Å². The first-order valence-electron chi connectivity index (χ1n) is 13.2. The summed E-state index contributed by atoms with van der Waals surface area (Å²) < 4.78 is 7.60. The molecule has 0 saturated carbocycles. The van der Waals surface area contributed by atoms with Gasteiger partial charge in [0.15, 0.2) is 5.11 Å². The van der Waals surface area contributed by atoms with Gasteiger partial charge < -0.3 is 9.30 Å². The molecule has 12 nitrogen and oxygen atoms in total. The fraction of sp³-hybridized carbons (Fsp3) is 0.129. The average molecular weight is 612 g/mol. The number of rotatable bonds is 7. The molecule has 1 aliphatic rings. The molecule has 2 amide bonds. The Morgan fingerprint density at radius 3 is 2.23 bits per heavy atom. The zero-order valence-corrected chi connectivity index (χ0v) is 24.8. The molecule has 5 rings (SSSR count). The van der Waals surface area contributed by atoms with Gasteiger partial charge in [0, 0.05) is 23.1 Å². The number of nitro groups is 2. The Bertz CT molecular complexity index is 1930. The summed E-state index contributed by atoms with van der Waals surface area (Å²) in [7, 11) is 0. The summed E-state index contributed by atoms with van der Waals surface area (Å²) in [5.74, 6) is -0.979. The van der Waals surface area contributed by atoms with Gasteiger partial charge in [-0.05, 0) is 99.6 Å². The van der Waals surface area contributed by atoms with Crippen LogP contribution in [0, 0.1) is 47.9 Å². The molecule has 0 bridgehead atoms. The number of hydrogen-bond donors (Lipinski definition) is 1. The number of aryl methyl sites for hydroxylation is 3. The quantitative estimate of drug-likeness (QED) is 0.0859. The molecule has 0 radical (unpaired) electrons. The van der Waals surface area contributed by atoms with Crippen LogP contribution in [0.5, 0.6) is 11.5 Å². The second-order valence-electron chi connectivity index (χ2n) is 10.2. The highest BCUT2D eigenvalue weighted by molar-refractivity contribution is 7.80. The van der Waals surface area contributed by atoms with Crippen LogP contribution in [-0.2, 0) is 9.59 Å². The molecule has 0 atom stereocenters. The number of non-ortho nitro benzene ring substituents is 1. The number of carbonyl (C=O) groups is 2. The minimum atomic E-state index is -0.745. The monoisotopic (exact) mass is 611 g/mol. The van der Waals surface area contributed by atoms with Crippen molar-refractivity contribution in [2.75, 3.05) is 4.90 Å². The Hall–Kier alpha value is -5.69. The fourth-order valence-corrected chi connectivity index (χ4v) is 5.33. The van der Waals surface area contributed by atoms with Gasteiger partial charge in [0.1, 0.15) is 11.3 Å². The van der Waals surface area contributed by atoms with Crippen molar-refractivity contribution < 1.29 is 24.2 Å². The van der Waals surface area contributed by atoms with Crippen molar-refractivity contribution in [3.8, 4) is 17.2 Å². The summed E-state index contributed by atoms with van der Waals surface area (Å²) in [4.78, 5) is 48.8. The second kappa shape index (κ2) is 11.5. The smallest absolute Gasteiger partial charge is 0.318 e. The SMILES string of the molecule is Cc1ccc(N2C(=O)/C(=C/c3cc(C)n(-c4ccc(Oc5ccc([N+](=O)[O-])cc5[N+](=O)[O-])cc4)c3C)C(=O)NC2=S)c(C)c1. The third kappa shape index (κ3) is 5.55. The number of anilines is 1. The summed E-state index contributed by atoms with van der Waals surface area (Å²) in [6.07, 6.45) is 1.54. The Morgan fingerprint density at radius 1 is 0.886 bits per heavy atom. The van der Waals surface area contributed by atoms with Crippen LogP contribution in [0.1, 0.15) is 28.1 Å². The molecule has 1 fully saturated rings. The molecule has 13 heteroatoms. The van der Waals surface area contributed by atoms with Gasteiger partial charge in [-0.25, -0.2) is 0 Å². The summed E-state index contributed by atoms with van der Waals surface area (Å²) in [6.45, 7) is 7.54. The Kier molecular flexibility index (Phi) is 7.81. The molecule has 222 valence electrons. The highest BCUT2D eigenvalue weighted by Gasteiger charge is 2.35. The van der Waals surface area contributed by atoms with Gasteiger partial charge in [-0.3, -0.25) is 40.0 Å². The standard InChI is InChI=1S/C31H25N5O7S/c1-17-5-11-26(18(2)13-17)34-30(38)25(29(37)32-31(34)44)15-21-14-19(3)33(20(21)4)22-6-9-24(10-7-22)43-28-12-8-23(35(39)40)16-27(28)36(41)42/h5-16H,1-4H3,(H,32,37,44)/b25-15+. The van der Waals surface area contributed by atoms with E-state index >= 15 is 0 Å². The number of nitrogens with zero attached hydrogens (tertiary/aromatic N) is 4. The maximum atomic E-state index is 13.6. The Balaban J connectivity index is 1.44. The number of aromatic nitrogens is 1. The fourth-order valence-electron chi connectivity index (χ4n) is 5.06. The number of nitro benzene ring substituents is 2. The minimum absolute atomic E-state index is 0.0101. The molecule has 1 aliphatic heterocycles. The first-order valence-corrected chi connectivity index (χ1v) is 13.7. The summed E-state index contributed by atoms with van der Waals surface area (Å²) >= 11 is 5.35. The van der Waals surface area contributed by atoms with Crippen LogP contribution < -0.4 is 15.0 Å². The molecule has 0 spiro atoms. The highest BCUT2D eigenvalue weighted by atomic mass is 32.1. The van der Waals surface area contributed by atoms with E-state index in [4.69, 9.17) is 17.0 Å². The second-order valence-corrected chi connectivity index (χ2v) is 10.6. The van der Waals surface area contributed by atoms with Crippen LogP contribution in [0.4, 0.5) is 17.1 Å². The summed E-state index contributed by atoms with van der Waals surface area (Å²) in [6, 6.07) is 17.3. The summed E-state index contributed by atoms with van der Waals surface area (Å²) in [5, 5.41) is 25.1.